The Kier molecular flexibility index (Phi) is 4.97. The predicted molar refractivity (Wildman–Crippen MR) is 106 cm³/mol. The fraction of sp³-hybridized carbons (Fsp3) is 0.0909. The monoisotopic (exact) mass is 405 g/mol. The molecule has 1 atom stereocenters. The summed E-state index contributed by atoms with van der Waals surface area (Å²) >= 11 is 0. The number of ether oxygens (including phenoxy) is 1. The van der Waals surface area contributed by atoms with E-state index in [1.54, 1.807) is 36.4 Å². The number of carbonyl (C=O) groups excluding carboxylic acids is 2. The van der Waals surface area contributed by atoms with Crippen LogP contribution in [0.5, 0.6) is 5.75 Å². The van der Waals surface area contributed by atoms with Crippen LogP contribution in [0.3, 0.4) is 0 Å². The molecule has 2 aromatic carbocycles. The van der Waals surface area contributed by atoms with E-state index in [-0.39, 0.29) is 22.6 Å². The van der Waals surface area contributed by atoms with Gasteiger partial charge < -0.3 is 9.84 Å². The predicted octanol–water partition coefficient (Wildman–Crippen LogP) is 3.25. The van der Waals surface area contributed by atoms with Crippen molar-refractivity contribution in [2.45, 2.75) is 6.04 Å². The van der Waals surface area contributed by atoms with Crippen molar-refractivity contribution in [3.05, 3.63) is 89.5 Å². The molecular formula is C22H16FN3O4. The minimum atomic E-state index is -1.23. The van der Waals surface area contributed by atoms with Crippen LogP contribution in [0.25, 0.3) is 5.76 Å². The molecule has 1 amide bonds. The molecule has 2 heterocycles. The quantitative estimate of drug-likeness (QED) is 0.407. The summed E-state index contributed by atoms with van der Waals surface area (Å²) in [6.07, 6.45) is 2.81. The lowest BCUT2D eigenvalue weighted by atomic mass is 9.95. The molecule has 0 bridgehead atoms. The number of aromatic nitrogens is 2. The van der Waals surface area contributed by atoms with Crippen LogP contribution in [-0.2, 0) is 9.59 Å². The summed E-state index contributed by atoms with van der Waals surface area (Å²) in [6, 6.07) is 12.3. The van der Waals surface area contributed by atoms with Crippen molar-refractivity contribution >= 4 is 23.4 Å². The highest BCUT2D eigenvalue weighted by atomic mass is 19.1. The first-order valence-corrected chi connectivity index (χ1v) is 8.99. The molecule has 0 aliphatic carbocycles. The largest absolute Gasteiger partial charge is 0.507 e. The molecular weight excluding hydrogens is 389 g/mol. The summed E-state index contributed by atoms with van der Waals surface area (Å²) in [7, 11) is 1.50. The molecule has 3 aromatic rings. The van der Waals surface area contributed by atoms with Crippen molar-refractivity contribution in [1.29, 1.82) is 0 Å². The highest BCUT2D eigenvalue weighted by Gasteiger charge is 2.48. The number of aliphatic hydroxyl groups excluding tert-OH is 1. The molecule has 150 valence electrons. The van der Waals surface area contributed by atoms with Crippen molar-refractivity contribution in [2.75, 3.05) is 12.0 Å². The van der Waals surface area contributed by atoms with E-state index in [1.165, 1.54) is 37.7 Å². The van der Waals surface area contributed by atoms with Crippen LogP contribution in [0.2, 0.25) is 0 Å². The normalized spacial score (nSPS) is 17.9. The molecule has 1 saturated heterocycles. The number of amides is 1. The second kappa shape index (κ2) is 7.75. The van der Waals surface area contributed by atoms with E-state index in [0.29, 0.717) is 5.75 Å². The first-order chi connectivity index (χ1) is 14.5. The zero-order chi connectivity index (χ0) is 21.3. The summed E-state index contributed by atoms with van der Waals surface area (Å²) in [4.78, 5) is 34.8. The third-order valence-electron chi connectivity index (χ3n) is 4.78. The molecule has 7 nitrogen and oxygen atoms in total. The van der Waals surface area contributed by atoms with Crippen LogP contribution in [-0.4, -0.2) is 33.9 Å². The van der Waals surface area contributed by atoms with Crippen LogP contribution in [0.4, 0.5) is 10.3 Å². The average Bonchev–Trinajstić information content (AvgIpc) is 3.04. The molecule has 4 rings (SSSR count). The molecule has 8 heteroatoms. The smallest absolute Gasteiger partial charge is 0.302 e. The maximum absolute atomic E-state index is 14.7. The van der Waals surface area contributed by atoms with Crippen LogP contribution in [0, 0.1) is 5.82 Å². The van der Waals surface area contributed by atoms with Crippen molar-refractivity contribution in [1.82, 2.24) is 9.97 Å². The lowest BCUT2D eigenvalue weighted by Crippen LogP contribution is -2.31. The second-order valence-electron chi connectivity index (χ2n) is 6.47. The number of methoxy groups -OCH3 is 1. The molecule has 0 saturated carbocycles. The van der Waals surface area contributed by atoms with Crippen molar-refractivity contribution in [2.24, 2.45) is 0 Å². The second-order valence-corrected chi connectivity index (χ2v) is 6.47. The number of ketones is 1. The van der Waals surface area contributed by atoms with E-state index in [0.717, 1.165) is 4.90 Å². The van der Waals surface area contributed by atoms with Gasteiger partial charge in [0.1, 0.15) is 23.4 Å². The number of halogens is 1. The van der Waals surface area contributed by atoms with Gasteiger partial charge in [0.15, 0.2) is 0 Å². The zero-order valence-corrected chi connectivity index (χ0v) is 15.8. The van der Waals surface area contributed by atoms with E-state index in [1.807, 2.05) is 0 Å². The molecule has 1 N–H and O–H groups in total. The molecule has 30 heavy (non-hydrogen) atoms. The number of hydrogen-bond donors (Lipinski definition) is 1. The average molecular weight is 405 g/mol. The number of anilines is 1. The Morgan fingerprint density at radius 1 is 1.03 bits per heavy atom. The number of aliphatic hydroxyl groups is 1. The van der Waals surface area contributed by atoms with Crippen molar-refractivity contribution in [3.63, 3.8) is 0 Å². The van der Waals surface area contributed by atoms with Gasteiger partial charge in [0.25, 0.3) is 5.78 Å². The summed E-state index contributed by atoms with van der Waals surface area (Å²) in [5, 5.41) is 10.9. The first-order valence-electron chi connectivity index (χ1n) is 8.99. The van der Waals surface area contributed by atoms with Crippen LogP contribution >= 0.6 is 0 Å². The highest BCUT2D eigenvalue weighted by molar-refractivity contribution is 6.51. The Morgan fingerprint density at radius 3 is 2.33 bits per heavy atom. The molecule has 0 radical (unpaired) electrons. The summed E-state index contributed by atoms with van der Waals surface area (Å²) < 4.78 is 19.8. The van der Waals surface area contributed by atoms with Gasteiger partial charge in [-0.3, -0.25) is 14.5 Å². The Morgan fingerprint density at radius 2 is 1.70 bits per heavy atom. The van der Waals surface area contributed by atoms with Gasteiger partial charge in [0.2, 0.25) is 5.95 Å². The Bertz CT molecular complexity index is 1150. The third-order valence-corrected chi connectivity index (χ3v) is 4.78. The lowest BCUT2D eigenvalue weighted by molar-refractivity contribution is -0.132. The maximum Gasteiger partial charge on any atom is 0.302 e. The van der Waals surface area contributed by atoms with Gasteiger partial charge in [-0.2, -0.15) is 0 Å². The topological polar surface area (TPSA) is 92.6 Å². The number of nitrogens with zero attached hydrogens (tertiary/aromatic N) is 3. The van der Waals surface area contributed by atoms with Crippen molar-refractivity contribution in [3.8, 4) is 5.75 Å². The first kappa shape index (κ1) is 19.3. The molecule has 1 aromatic heterocycles. The molecule has 1 fully saturated rings. The van der Waals surface area contributed by atoms with E-state index in [4.69, 9.17) is 4.74 Å². The number of benzene rings is 2. The number of hydrogen-bond acceptors (Lipinski definition) is 6. The van der Waals surface area contributed by atoms with Crippen LogP contribution in [0.1, 0.15) is 17.2 Å². The summed E-state index contributed by atoms with van der Waals surface area (Å²) in [5.41, 5.74) is 0.0750. The van der Waals surface area contributed by atoms with Gasteiger partial charge in [-0.1, -0.05) is 18.2 Å². The molecule has 1 aliphatic heterocycles. The van der Waals surface area contributed by atoms with E-state index in [2.05, 4.69) is 9.97 Å². The fourth-order valence-corrected chi connectivity index (χ4v) is 3.35. The van der Waals surface area contributed by atoms with Crippen molar-refractivity contribution < 1.29 is 23.8 Å². The Labute approximate surface area is 171 Å². The van der Waals surface area contributed by atoms with Gasteiger partial charge in [0, 0.05) is 23.5 Å². The van der Waals surface area contributed by atoms with E-state index >= 15 is 0 Å². The van der Waals surface area contributed by atoms with E-state index in [9.17, 15) is 19.1 Å². The highest BCUT2D eigenvalue weighted by Crippen LogP contribution is 2.41. The Hall–Kier alpha value is -4.07. The minimum Gasteiger partial charge on any atom is -0.507 e. The zero-order valence-electron chi connectivity index (χ0n) is 15.8. The molecule has 1 aliphatic rings. The van der Waals surface area contributed by atoms with Gasteiger partial charge in [-0.25, -0.2) is 14.4 Å². The standard InChI is InChI=1S/C22H16FN3O4/c1-30-14-9-7-13(8-10-14)19(27)17-18(15-5-2-3-6-16(15)23)26(21(29)20(17)28)22-24-11-4-12-25-22/h2-12,18,27H,1H3/t18-/m0/s1. The summed E-state index contributed by atoms with van der Waals surface area (Å²) in [6.45, 7) is 0. The maximum atomic E-state index is 14.7. The number of Topliss-reactive ketones (excluding diaryl/α,β-unsaturated/α-hetero) is 1. The SMILES string of the molecule is COc1ccc(C(O)=C2C(=O)C(=O)N(c3ncccn3)[C@H]2c2ccccc2F)cc1. The van der Waals surface area contributed by atoms with Crippen LogP contribution < -0.4 is 9.64 Å². The molecule has 0 unspecified atom stereocenters. The number of rotatable bonds is 4. The number of carbonyl (C=O) groups is 2. The minimum absolute atomic E-state index is 0.0409. The lowest BCUT2D eigenvalue weighted by Gasteiger charge is -2.23. The third kappa shape index (κ3) is 3.18. The Balaban J connectivity index is 1.94. The van der Waals surface area contributed by atoms with Gasteiger partial charge >= 0.3 is 5.91 Å². The van der Waals surface area contributed by atoms with Crippen LogP contribution in [0.15, 0.2) is 72.6 Å². The fourth-order valence-electron chi connectivity index (χ4n) is 3.35. The van der Waals surface area contributed by atoms with Gasteiger partial charge in [-0.15, -0.1) is 0 Å². The summed E-state index contributed by atoms with van der Waals surface area (Å²) in [5.74, 6) is -2.49. The van der Waals surface area contributed by atoms with Gasteiger partial charge in [-0.05, 0) is 36.4 Å². The molecule has 0 spiro atoms. The van der Waals surface area contributed by atoms with E-state index < -0.39 is 29.3 Å². The van der Waals surface area contributed by atoms with Gasteiger partial charge in [0.05, 0.1) is 12.7 Å².